The van der Waals surface area contributed by atoms with Gasteiger partial charge in [-0.1, -0.05) is 19.1 Å². The topological polar surface area (TPSA) is 191 Å². The van der Waals surface area contributed by atoms with Gasteiger partial charge in [0.25, 0.3) is 5.91 Å². The van der Waals surface area contributed by atoms with Crippen molar-refractivity contribution in [1.29, 1.82) is 0 Å². The molecular weight excluding hydrogens is 544 g/mol. The number of allylic oxidation sites excluding steroid dienone is 1. The van der Waals surface area contributed by atoms with Crippen LogP contribution in [0.2, 0.25) is 0 Å². The number of β-amino-alcohol motifs (C(OH)–C–C–N with tert-alkyl or cyclic N) is 1. The summed E-state index contributed by atoms with van der Waals surface area (Å²) in [5.41, 5.74) is -1.56. The zero-order valence-electron chi connectivity index (χ0n) is 22.9. The fourth-order valence-electron chi connectivity index (χ4n) is 5.08. The van der Waals surface area contributed by atoms with E-state index in [2.05, 4.69) is 28.5 Å². The van der Waals surface area contributed by atoms with E-state index >= 15 is 0 Å². The first-order chi connectivity index (χ1) is 18.8. The minimum atomic E-state index is -3.87. The maximum Gasteiger partial charge on any atom is 0.405 e. The Labute approximate surface area is 234 Å². The SMILES string of the molecule is C=CCC[C@@H](C)OC(CC)C(NC(=O)O)C(=O)N1C[C@H](O)C[C@H]1C(=O)N[C@]1(C(=O)NS(=O)(=O)C2CC2)C[C@H]1C=C. The van der Waals surface area contributed by atoms with E-state index in [0.717, 1.165) is 4.90 Å². The van der Waals surface area contributed by atoms with Crippen LogP contribution in [0, 0.1) is 5.92 Å². The Kier molecular flexibility index (Phi) is 10.0. The van der Waals surface area contributed by atoms with Gasteiger partial charge in [-0.05, 0) is 45.4 Å². The van der Waals surface area contributed by atoms with Gasteiger partial charge in [0.15, 0.2) is 0 Å². The van der Waals surface area contributed by atoms with Crippen molar-refractivity contribution in [2.75, 3.05) is 6.54 Å². The Bertz CT molecular complexity index is 1130. The van der Waals surface area contributed by atoms with Gasteiger partial charge in [-0.15, -0.1) is 13.2 Å². The first-order valence-electron chi connectivity index (χ1n) is 13.5. The lowest BCUT2D eigenvalue weighted by Gasteiger charge is -2.33. The summed E-state index contributed by atoms with van der Waals surface area (Å²) in [6, 6.07) is -2.59. The van der Waals surface area contributed by atoms with Crippen LogP contribution in [0.1, 0.15) is 58.8 Å². The minimum absolute atomic E-state index is 0.120. The summed E-state index contributed by atoms with van der Waals surface area (Å²) < 4.78 is 32.8. The number of aliphatic hydroxyl groups is 1. The van der Waals surface area contributed by atoms with Crippen LogP contribution in [0.15, 0.2) is 25.3 Å². The molecule has 14 heteroatoms. The second-order valence-electron chi connectivity index (χ2n) is 10.8. The van der Waals surface area contributed by atoms with E-state index in [1.54, 1.807) is 19.9 Å². The molecule has 40 heavy (non-hydrogen) atoms. The summed E-state index contributed by atoms with van der Waals surface area (Å²) >= 11 is 0. The maximum atomic E-state index is 13.7. The molecule has 0 bridgehead atoms. The number of nitrogens with zero attached hydrogens (tertiary/aromatic N) is 1. The van der Waals surface area contributed by atoms with Gasteiger partial charge in [-0.3, -0.25) is 19.1 Å². The van der Waals surface area contributed by atoms with E-state index in [1.807, 2.05) is 0 Å². The smallest absolute Gasteiger partial charge is 0.405 e. The van der Waals surface area contributed by atoms with Crippen molar-refractivity contribution in [2.45, 2.75) is 100.0 Å². The molecule has 0 radical (unpaired) electrons. The summed E-state index contributed by atoms with van der Waals surface area (Å²) in [7, 11) is -3.87. The Morgan fingerprint density at radius 3 is 2.42 bits per heavy atom. The number of carbonyl (C=O) groups excluding carboxylic acids is 3. The summed E-state index contributed by atoms with van der Waals surface area (Å²) in [5.74, 6) is -2.94. The number of aliphatic hydroxyl groups excluding tert-OH is 1. The van der Waals surface area contributed by atoms with Crippen LogP contribution in [0.25, 0.3) is 0 Å². The molecular formula is C26H40N4O9S. The fraction of sp³-hybridized carbons (Fsp3) is 0.692. The Balaban J connectivity index is 1.79. The number of amides is 4. The molecule has 1 aliphatic heterocycles. The first kappa shape index (κ1) is 31.6. The molecule has 2 unspecified atom stereocenters. The van der Waals surface area contributed by atoms with Crippen molar-refractivity contribution in [3.8, 4) is 0 Å². The number of hydrogen-bond acceptors (Lipinski definition) is 8. The number of hydrogen-bond donors (Lipinski definition) is 5. The highest BCUT2D eigenvalue weighted by molar-refractivity contribution is 7.91. The molecule has 224 valence electrons. The molecule has 2 saturated carbocycles. The number of likely N-dealkylation sites (tertiary alicyclic amines) is 1. The molecule has 7 atom stereocenters. The molecule has 0 aromatic rings. The molecule has 1 saturated heterocycles. The number of sulfonamides is 1. The van der Waals surface area contributed by atoms with Gasteiger partial charge in [0.05, 0.1) is 23.6 Å². The fourth-order valence-corrected chi connectivity index (χ4v) is 6.44. The number of rotatable bonds is 15. The highest BCUT2D eigenvalue weighted by Crippen LogP contribution is 2.45. The Morgan fingerprint density at radius 1 is 1.23 bits per heavy atom. The highest BCUT2D eigenvalue weighted by atomic mass is 32.2. The van der Waals surface area contributed by atoms with Gasteiger partial charge in [0.2, 0.25) is 21.8 Å². The summed E-state index contributed by atoms with van der Waals surface area (Å²) in [5, 5.41) is 24.0. The Morgan fingerprint density at radius 2 is 1.90 bits per heavy atom. The van der Waals surface area contributed by atoms with Crippen LogP contribution >= 0.6 is 0 Å². The van der Waals surface area contributed by atoms with Crippen molar-refractivity contribution in [2.24, 2.45) is 5.92 Å². The molecule has 3 rings (SSSR count). The zero-order chi connectivity index (χ0) is 29.8. The number of nitrogens with one attached hydrogen (secondary N) is 3. The van der Waals surface area contributed by atoms with Crippen molar-refractivity contribution < 1.29 is 42.5 Å². The van der Waals surface area contributed by atoms with Crippen molar-refractivity contribution in [3.05, 3.63) is 25.3 Å². The monoisotopic (exact) mass is 584 g/mol. The van der Waals surface area contributed by atoms with E-state index < -0.39 is 74.8 Å². The third kappa shape index (κ3) is 7.21. The second-order valence-corrected chi connectivity index (χ2v) is 12.7. The van der Waals surface area contributed by atoms with E-state index in [4.69, 9.17) is 4.74 Å². The van der Waals surface area contributed by atoms with Gasteiger partial charge < -0.3 is 30.5 Å². The van der Waals surface area contributed by atoms with Crippen LogP contribution in [-0.2, 0) is 29.1 Å². The number of carboxylic acid groups (broad SMARTS) is 1. The third-order valence-electron chi connectivity index (χ3n) is 7.62. The van der Waals surface area contributed by atoms with Crippen molar-refractivity contribution in [1.82, 2.24) is 20.3 Å². The number of carbonyl (C=O) groups is 4. The Hall–Kier alpha value is -2.97. The molecule has 0 aromatic heterocycles. The lowest BCUT2D eigenvalue weighted by molar-refractivity contribution is -0.145. The van der Waals surface area contributed by atoms with Crippen molar-refractivity contribution in [3.63, 3.8) is 0 Å². The molecule has 2 aliphatic carbocycles. The van der Waals surface area contributed by atoms with Gasteiger partial charge in [0.1, 0.15) is 17.6 Å². The maximum absolute atomic E-state index is 13.7. The quantitative estimate of drug-likeness (QED) is 0.170. The lowest BCUT2D eigenvalue weighted by atomic mass is 10.0. The van der Waals surface area contributed by atoms with Crippen LogP contribution in [-0.4, -0.2) is 95.1 Å². The van der Waals surface area contributed by atoms with Gasteiger partial charge >= 0.3 is 6.09 Å². The lowest BCUT2D eigenvalue weighted by Crippen LogP contribution is -2.60. The van der Waals surface area contributed by atoms with Gasteiger partial charge in [0, 0.05) is 18.9 Å². The summed E-state index contributed by atoms with van der Waals surface area (Å²) in [6.45, 7) is 10.6. The molecule has 3 aliphatic rings. The average Bonchev–Trinajstić information content (AvgIpc) is 3.81. The number of ether oxygens (including phenoxy) is 1. The molecule has 0 spiro atoms. The summed E-state index contributed by atoms with van der Waals surface area (Å²) in [4.78, 5) is 52.9. The molecule has 5 N–H and O–H groups in total. The van der Waals surface area contributed by atoms with Gasteiger partial charge in [-0.25, -0.2) is 13.2 Å². The molecule has 1 heterocycles. The largest absolute Gasteiger partial charge is 0.465 e. The predicted octanol–water partition coefficient (Wildman–Crippen LogP) is 0.404. The van der Waals surface area contributed by atoms with E-state index in [1.165, 1.54) is 6.08 Å². The zero-order valence-corrected chi connectivity index (χ0v) is 23.7. The van der Waals surface area contributed by atoms with Crippen LogP contribution < -0.4 is 15.4 Å². The normalized spacial score (nSPS) is 28.1. The summed E-state index contributed by atoms with van der Waals surface area (Å²) in [6.07, 6.45) is 1.87. The predicted molar refractivity (Wildman–Crippen MR) is 144 cm³/mol. The van der Waals surface area contributed by atoms with Crippen LogP contribution in [0.4, 0.5) is 4.79 Å². The van der Waals surface area contributed by atoms with E-state index in [0.29, 0.717) is 25.7 Å². The van der Waals surface area contributed by atoms with E-state index in [-0.39, 0.29) is 31.9 Å². The third-order valence-corrected chi connectivity index (χ3v) is 9.44. The first-order valence-corrected chi connectivity index (χ1v) is 15.1. The van der Waals surface area contributed by atoms with Crippen LogP contribution in [0.3, 0.4) is 0 Å². The average molecular weight is 585 g/mol. The van der Waals surface area contributed by atoms with Crippen LogP contribution in [0.5, 0.6) is 0 Å². The van der Waals surface area contributed by atoms with Gasteiger partial charge in [-0.2, -0.15) is 0 Å². The molecule has 13 nitrogen and oxygen atoms in total. The standard InChI is InChI=1S/C26H40N4O9S/c1-5-8-9-15(4)39-20(7-3)21(27-25(35)36)23(33)30-14-17(31)12-19(30)22(32)28-26(13-16(26)6-2)24(34)29-40(37,38)18-10-11-18/h5-6,15-21,27,31H,1-2,7-14H2,3-4H3,(H,28,32)(H,29,34)(H,35,36)/t15-,16-,17-,19+,20?,21?,26-/m1/s1. The second kappa shape index (κ2) is 12.7. The van der Waals surface area contributed by atoms with E-state index in [9.17, 15) is 37.8 Å². The molecule has 4 amide bonds. The van der Waals surface area contributed by atoms with Crippen molar-refractivity contribution >= 4 is 33.8 Å². The molecule has 3 fully saturated rings. The molecule has 0 aromatic carbocycles. The highest BCUT2D eigenvalue weighted by Gasteiger charge is 2.62. The minimum Gasteiger partial charge on any atom is -0.465 e.